The fourth-order valence-electron chi connectivity index (χ4n) is 1.19. The highest BCUT2D eigenvalue weighted by atomic mass is 16.3. The Morgan fingerprint density at radius 3 is 1.67 bits per heavy atom. The SMILES string of the molecule is Oc1cccnc1C=NN=Cc1ncccc1O. The van der Waals surface area contributed by atoms with Crippen LogP contribution >= 0.6 is 0 Å². The van der Waals surface area contributed by atoms with Crippen molar-refractivity contribution in [2.45, 2.75) is 0 Å². The van der Waals surface area contributed by atoms with Crippen LogP contribution in [0.4, 0.5) is 0 Å². The van der Waals surface area contributed by atoms with E-state index in [2.05, 4.69) is 20.2 Å². The summed E-state index contributed by atoms with van der Waals surface area (Å²) in [5, 5.41) is 26.2. The molecule has 0 bridgehead atoms. The van der Waals surface area contributed by atoms with Crippen LogP contribution in [0, 0.1) is 0 Å². The van der Waals surface area contributed by atoms with Crippen LogP contribution in [-0.2, 0) is 0 Å². The molecular weight excluding hydrogens is 232 g/mol. The van der Waals surface area contributed by atoms with Gasteiger partial charge in [-0.05, 0) is 24.3 Å². The zero-order valence-electron chi connectivity index (χ0n) is 9.30. The second-order valence-corrected chi connectivity index (χ2v) is 3.30. The van der Waals surface area contributed by atoms with Crippen molar-refractivity contribution < 1.29 is 10.2 Å². The summed E-state index contributed by atoms with van der Waals surface area (Å²) in [5.74, 6) is 0.0502. The van der Waals surface area contributed by atoms with E-state index in [1.807, 2.05) is 0 Å². The van der Waals surface area contributed by atoms with Gasteiger partial charge in [0.2, 0.25) is 0 Å². The zero-order valence-corrected chi connectivity index (χ0v) is 9.30. The molecule has 2 aromatic heterocycles. The molecule has 0 fully saturated rings. The van der Waals surface area contributed by atoms with Crippen molar-refractivity contribution in [2.75, 3.05) is 0 Å². The topological polar surface area (TPSA) is 91.0 Å². The normalized spacial score (nSPS) is 11.3. The van der Waals surface area contributed by atoms with Crippen molar-refractivity contribution in [1.29, 1.82) is 0 Å². The number of hydrogen-bond donors (Lipinski definition) is 2. The first kappa shape index (κ1) is 11.7. The van der Waals surface area contributed by atoms with Crippen LogP contribution in [0.25, 0.3) is 0 Å². The lowest BCUT2D eigenvalue weighted by molar-refractivity contribution is 0.471. The van der Waals surface area contributed by atoms with E-state index in [0.717, 1.165) is 0 Å². The molecule has 2 aromatic rings. The van der Waals surface area contributed by atoms with Crippen LogP contribution in [0.5, 0.6) is 11.5 Å². The predicted molar refractivity (Wildman–Crippen MR) is 67.0 cm³/mol. The van der Waals surface area contributed by atoms with Crippen LogP contribution in [0.15, 0.2) is 46.9 Å². The van der Waals surface area contributed by atoms with Crippen molar-refractivity contribution in [2.24, 2.45) is 10.2 Å². The molecule has 0 saturated heterocycles. The lowest BCUT2D eigenvalue weighted by Crippen LogP contribution is -1.88. The van der Waals surface area contributed by atoms with Crippen molar-refractivity contribution in [1.82, 2.24) is 9.97 Å². The highest BCUT2D eigenvalue weighted by molar-refractivity contribution is 5.83. The minimum Gasteiger partial charge on any atom is -0.506 e. The molecule has 0 aliphatic heterocycles. The lowest BCUT2D eigenvalue weighted by atomic mass is 10.3. The Morgan fingerprint density at radius 2 is 1.28 bits per heavy atom. The molecule has 0 atom stereocenters. The van der Waals surface area contributed by atoms with E-state index in [9.17, 15) is 10.2 Å². The Hall–Kier alpha value is -2.76. The van der Waals surface area contributed by atoms with Gasteiger partial charge in [-0.1, -0.05) is 0 Å². The molecule has 0 aromatic carbocycles. The number of hydrogen-bond acceptors (Lipinski definition) is 6. The lowest BCUT2D eigenvalue weighted by Gasteiger charge is -1.94. The number of rotatable bonds is 3. The van der Waals surface area contributed by atoms with E-state index in [4.69, 9.17) is 0 Å². The van der Waals surface area contributed by atoms with Crippen LogP contribution < -0.4 is 0 Å². The van der Waals surface area contributed by atoms with Gasteiger partial charge in [-0.3, -0.25) is 9.97 Å². The first-order chi connectivity index (χ1) is 8.77. The van der Waals surface area contributed by atoms with E-state index in [0.29, 0.717) is 11.4 Å². The first-order valence-electron chi connectivity index (χ1n) is 5.12. The summed E-state index contributed by atoms with van der Waals surface area (Å²) in [7, 11) is 0. The second-order valence-electron chi connectivity index (χ2n) is 3.30. The van der Waals surface area contributed by atoms with Gasteiger partial charge in [-0.15, -0.1) is 0 Å². The molecule has 2 N–H and O–H groups in total. The molecule has 0 aliphatic rings. The molecule has 18 heavy (non-hydrogen) atoms. The summed E-state index contributed by atoms with van der Waals surface area (Å²) in [4.78, 5) is 7.80. The van der Waals surface area contributed by atoms with Crippen LogP contribution in [0.2, 0.25) is 0 Å². The number of pyridine rings is 2. The minimum absolute atomic E-state index is 0.0251. The molecule has 0 saturated carbocycles. The predicted octanol–water partition coefficient (Wildman–Crippen LogP) is 1.34. The first-order valence-corrected chi connectivity index (χ1v) is 5.12. The fraction of sp³-hybridized carbons (Fsp3) is 0. The van der Waals surface area contributed by atoms with E-state index in [1.54, 1.807) is 12.1 Å². The highest BCUT2D eigenvalue weighted by Crippen LogP contribution is 2.10. The van der Waals surface area contributed by atoms with Crippen LogP contribution in [0.1, 0.15) is 11.4 Å². The standard InChI is InChI=1S/C12H10N4O2/c17-11-3-1-5-13-9(11)7-15-16-8-10-12(18)4-2-6-14-10/h1-8,17-18H. The smallest absolute Gasteiger partial charge is 0.142 e. The summed E-state index contributed by atoms with van der Waals surface area (Å²) in [6.07, 6.45) is 5.70. The summed E-state index contributed by atoms with van der Waals surface area (Å²) in [6.45, 7) is 0. The molecule has 0 unspecified atom stereocenters. The Bertz CT molecular complexity index is 543. The average Bonchev–Trinajstić information content (AvgIpc) is 2.38. The Kier molecular flexibility index (Phi) is 3.60. The van der Waals surface area contributed by atoms with Gasteiger partial charge in [0, 0.05) is 12.4 Å². The van der Waals surface area contributed by atoms with Crippen molar-refractivity contribution >= 4 is 12.4 Å². The fourth-order valence-corrected chi connectivity index (χ4v) is 1.19. The monoisotopic (exact) mass is 242 g/mol. The summed E-state index contributed by atoms with van der Waals surface area (Å²) < 4.78 is 0. The number of aromatic hydroxyl groups is 2. The van der Waals surface area contributed by atoms with Crippen LogP contribution in [0.3, 0.4) is 0 Å². The Balaban J connectivity index is 2.08. The molecule has 0 spiro atoms. The van der Waals surface area contributed by atoms with Gasteiger partial charge in [-0.2, -0.15) is 10.2 Å². The third kappa shape index (κ3) is 2.88. The van der Waals surface area contributed by atoms with Gasteiger partial charge >= 0.3 is 0 Å². The van der Waals surface area contributed by atoms with Crippen LogP contribution in [-0.4, -0.2) is 32.6 Å². The molecule has 6 nitrogen and oxygen atoms in total. The van der Waals surface area contributed by atoms with E-state index >= 15 is 0 Å². The Morgan fingerprint density at radius 1 is 0.833 bits per heavy atom. The molecular formula is C12H10N4O2. The molecule has 0 radical (unpaired) electrons. The maximum absolute atomic E-state index is 9.41. The maximum Gasteiger partial charge on any atom is 0.142 e. The van der Waals surface area contributed by atoms with Gasteiger partial charge < -0.3 is 10.2 Å². The van der Waals surface area contributed by atoms with E-state index < -0.39 is 0 Å². The third-order valence-electron chi connectivity index (χ3n) is 2.06. The molecule has 0 aliphatic carbocycles. The maximum atomic E-state index is 9.41. The molecule has 6 heteroatoms. The Labute approximate surface area is 103 Å². The van der Waals surface area contributed by atoms with Crippen molar-refractivity contribution in [3.8, 4) is 11.5 Å². The van der Waals surface area contributed by atoms with E-state index in [1.165, 1.54) is 37.0 Å². The summed E-state index contributed by atoms with van der Waals surface area (Å²) in [5.41, 5.74) is 0.639. The molecule has 90 valence electrons. The highest BCUT2D eigenvalue weighted by Gasteiger charge is 1.97. The minimum atomic E-state index is 0.0251. The van der Waals surface area contributed by atoms with Gasteiger partial charge in [0.1, 0.15) is 22.9 Å². The van der Waals surface area contributed by atoms with Gasteiger partial charge in [0.05, 0.1) is 12.4 Å². The summed E-state index contributed by atoms with van der Waals surface area (Å²) >= 11 is 0. The molecule has 2 heterocycles. The van der Waals surface area contributed by atoms with Gasteiger partial charge in [-0.25, -0.2) is 0 Å². The van der Waals surface area contributed by atoms with Crippen molar-refractivity contribution in [3.05, 3.63) is 48.0 Å². The molecule has 0 amide bonds. The molecule has 2 rings (SSSR count). The van der Waals surface area contributed by atoms with Gasteiger partial charge in [0.25, 0.3) is 0 Å². The zero-order chi connectivity index (χ0) is 12.8. The quantitative estimate of drug-likeness (QED) is 0.627. The number of aromatic nitrogens is 2. The average molecular weight is 242 g/mol. The van der Waals surface area contributed by atoms with Crippen molar-refractivity contribution in [3.63, 3.8) is 0 Å². The largest absolute Gasteiger partial charge is 0.506 e. The van der Waals surface area contributed by atoms with Gasteiger partial charge in [0.15, 0.2) is 0 Å². The third-order valence-corrected chi connectivity index (χ3v) is 2.06. The van der Waals surface area contributed by atoms with E-state index in [-0.39, 0.29) is 11.5 Å². The number of nitrogens with zero attached hydrogens (tertiary/aromatic N) is 4. The second kappa shape index (κ2) is 5.53. The summed E-state index contributed by atoms with van der Waals surface area (Å²) in [6, 6.07) is 6.23.